The van der Waals surface area contributed by atoms with Crippen LogP contribution in [0, 0.1) is 0 Å². The van der Waals surface area contributed by atoms with E-state index in [1.165, 1.54) is 24.8 Å². The van der Waals surface area contributed by atoms with E-state index in [2.05, 4.69) is 17.0 Å². The lowest BCUT2D eigenvalue weighted by atomic mass is 9.91. The molecule has 1 aromatic carbocycles. The molecule has 0 radical (unpaired) electrons. The number of nitrogens with zero attached hydrogens (tertiary/aromatic N) is 1. The topological polar surface area (TPSA) is 21.7 Å². The summed E-state index contributed by atoms with van der Waals surface area (Å²) in [5.41, 5.74) is 1.27. The molecule has 0 bridgehead atoms. The quantitative estimate of drug-likeness (QED) is 0.683. The Morgan fingerprint density at radius 3 is 2.50 bits per heavy atom. The van der Waals surface area contributed by atoms with Crippen molar-refractivity contribution < 1.29 is 9.47 Å². The standard InChI is InChI=1S/C16H24ClNO2/c1-19-15-8-7-13(11-16(15)20-2)12-18(10-4-9-17)14-5-3-6-14/h7-8,11,14H,3-6,9-10,12H2,1-2H3. The highest BCUT2D eigenvalue weighted by Crippen LogP contribution is 2.30. The Labute approximate surface area is 126 Å². The molecule has 1 aromatic rings. The third-order valence-electron chi connectivity index (χ3n) is 4.00. The minimum atomic E-state index is 0.728. The molecule has 1 saturated carbocycles. The summed E-state index contributed by atoms with van der Waals surface area (Å²) in [7, 11) is 3.34. The van der Waals surface area contributed by atoms with Crippen molar-refractivity contribution in [2.45, 2.75) is 38.3 Å². The number of hydrogen-bond donors (Lipinski definition) is 0. The maximum atomic E-state index is 5.84. The molecule has 2 rings (SSSR count). The van der Waals surface area contributed by atoms with Crippen molar-refractivity contribution >= 4 is 11.6 Å². The number of methoxy groups -OCH3 is 2. The summed E-state index contributed by atoms with van der Waals surface area (Å²) >= 11 is 5.84. The predicted molar refractivity (Wildman–Crippen MR) is 82.9 cm³/mol. The summed E-state index contributed by atoms with van der Waals surface area (Å²) in [6, 6.07) is 6.90. The Bertz CT molecular complexity index is 421. The minimum absolute atomic E-state index is 0.728. The van der Waals surface area contributed by atoms with Gasteiger partial charge in [-0.15, -0.1) is 11.6 Å². The van der Waals surface area contributed by atoms with Gasteiger partial charge in [0, 0.05) is 18.5 Å². The Hall–Kier alpha value is -0.930. The second-order valence-electron chi connectivity index (χ2n) is 5.29. The number of halogens is 1. The summed E-state index contributed by atoms with van der Waals surface area (Å²) in [6.07, 6.45) is 5.03. The Kier molecular flexibility index (Phi) is 5.99. The molecule has 0 unspecified atom stereocenters. The monoisotopic (exact) mass is 297 g/mol. The van der Waals surface area contributed by atoms with E-state index in [4.69, 9.17) is 21.1 Å². The van der Waals surface area contributed by atoms with E-state index in [0.717, 1.165) is 42.9 Å². The summed E-state index contributed by atoms with van der Waals surface area (Å²) in [4.78, 5) is 2.55. The average Bonchev–Trinajstić information content (AvgIpc) is 2.42. The van der Waals surface area contributed by atoms with Crippen molar-refractivity contribution in [2.24, 2.45) is 0 Å². The SMILES string of the molecule is COc1ccc(CN(CCCCl)C2CCC2)cc1OC. The maximum Gasteiger partial charge on any atom is 0.161 e. The molecule has 1 aliphatic rings. The molecule has 3 nitrogen and oxygen atoms in total. The summed E-state index contributed by atoms with van der Waals surface area (Å²) in [5.74, 6) is 2.32. The van der Waals surface area contributed by atoms with Gasteiger partial charge in [-0.2, -0.15) is 0 Å². The minimum Gasteiger partial charge on any atom is -0.493 e. The lowest BCUT2D eigenvalue weighted by Crippen LogP contribution is -2.40. The van der Waals surface area contributed by atoms with Gasteiger partial charge in [0.1, 0.15) is 0 Å². The number of alkyl halides is 1. The van der Waals surface area contributed by atoms with Crippen LogP contribution in [0.3, 0.4) is 0 Å². The van der Waals surface area contributed by atoms with Crippen molar-refractivity contribution in [1.82, 2.24) is 4.90 Å². The fraction of sp³-hybridized carbons (Fsp3) is 0.625. The van der Waals surface area contributed by atoms with Crippen molar-refractivity contribution in [3.63, 3.8) is 0 Å². The molecule has 1 aliphatic carbocycles. The van der Waals surface area contributed by atoms with Gasteiger partial charge in [-0.3, -0.25) is 4.90 Å². The lowest BCUT2D eigenvalue weighted by molar-refractivity contribution is 0.120. The smallest absolute Gasteiger partial charge is 0.161 e. The van der Waals surface area contributed by atoms with E-state index in [1.54, 1.807) is 14.2 Å². The second-order valence-corrected chi connectivity index (χ2v) is 5.67. The van der Waals surface area contributed by atoms with Crippen LogP contribution in [0.5, 0.6) is 11.5 Å². The van der Waals surface area contributed by atoms with Crippen molar-refractivity contribution in [2.75, 3.05) is 26.6 Å². The van der Waals surface area contributed by atoms with Gasteiger partial charge in [-0.25, -0.2) is 0 Å². The van der Waals surface area contributed by atoms with Gasteiger partial charge in [0.25, 0.3) is 0 Å². The van der Waals surface area contributed by atoms with Gasteiger partial charge in [-0.05, 0) is 43.5 Å². The highest BCUT2D eigenvalue weighted by atomic mass is 35.5. The van der Waals surface area contributed by atoms with Crippen LogP contribution in [0.25, 0.3) is 0 Å². The number of hydrogen-bond acceptors (Lipinski definition) is 3. The largest absolute Gasteiger partial charge is 0.493 e. The van der Waals surface area contributed by atoms with Gasteiger partial charge >= 0.3 is 0 Å². The normalized spacial score (nSPS) is 15.2. The van der Waals surface area contributed by atoms with Crippen LogP contribution in [-0.4, -0.2) is 37.6 Å². The first-order valence-corrected chi connectivity index (χ1v) is 7.83. The fourth-order valence-electron chi connectivity index (χ4n) is 2.62. The van der Waals surface area contributed by atoms with Crippen molar-refractivity contribution in [3.05, 3.63) is 23.8 Å². The Morgan fingerprint density at radius 1 is 1.20 bits per heavy atom. The number of rotatable bonds is 8. The molecule has 20 heavy (non-hydrogen) atoms. The molecule has 0 saturated heterocycles. The molecule has 0 amide bonds. The first kappa shape index (κ1) is 15.5. The summed E-state index contributed by atoms with van der Waals surface area (Å²) in [5, 5.41) is 0. The third-order valence-corrected chi connectivity index (χ3v) is 4.27. The van der Waals surface area contributed by atoms with E-state index in [9.17, 15) is 0 Å². The number of benzene rings is 1. The molecule has 112 valence electrons. The van der Waals surface area contributed by atoms with Crippen LogP contribution in [0.2, 0.25) is 0 Å². The molecule has 4 heteroatoms. The number of ether oxygens (including phenoxy) is 2. The van der Waals surface area contributed by atoms with E-state index in [0.29, 0.717) is 0 Å². The van der Waals surface area contributed by atoms with Gasteiger partial charge in [0.05, 0.1) is 14.2 Å². The first-order valence-electron chi connectivity index (χ1n) is 7.29. The van der Waals surface area contributed by atoms with Gasteiger partial charge in [-0.1, -0.05) is 12.5 Å². The average molecular weight is 298 g/mol. The van der Waals surface area contributed by atoms with Crippen LogP contribution in [-0.2, 0) is 6.54 Å². The molecular formula is C16H24ClNO2. The van der Waals surface area contributed by atoms with Gasteiger partial charge < -0.3 is 9.47 Å². The molecule has 0 spiro atoms. The molecule has 0 aromatic heterocycles. The third kappa shape index (κ3) is 3.80. The van der Waals surface area contributed by atoms with E-state index < -0.39 is 0 Å². The highest BCUT2D eigenvalue weighted by Gasteiger charge is 2.24. The van der Waals surface area contributed by atoms with Crippen molar-refractivity contribution in [1.29, 1.82) is 0 Å². The fourth-order valence-corrected chi connectivity index (χ4v) is 2.74. The van der Waals surface area contributed by atoms with E-state index >= 15 is 0 Å². The van der Waals surface area contributed by atoms with Gasteiger partial charge in [0.15, 0.2) is 11.5 Å². The van der Waals surface area contributed by atoms with Crippen molar-refractivity contribution in [3.8, 4) is 11.5 Å². The first-order chi connectivity index (χ1) is 9.78. The van der Waals surface area contributed by atoms with Crippen LogP contribution >= 0.6 is 11.6 Å². The van der Waals surface area contributed by atoms with Crippen LogP contribution in [0.1, 0.15) is 31.2 Å². The molecular weight excluding hydrogens is 274 g/mol. The molecule has 0 heterocycles. The second kappa shape index (κ2) is 7.75. The van der Waals surface area contributed by atoms with Gasteiger partial charge in [0.2, 0.25) is 0 Å². The Morgan fingerprint density at radius 2 is 1.95 bits per heavy atom. The summed E-state index contributed by atoms with van der Waals surface area (Å²) in [6.45, 7) is 2.03. The molecule has 1 fully saturated rings. The molecule has 0 aliphatic heterocycles. The zero-order chi connectivity index (χ0) is 14.4. The zero-order valence-electron chi connectivity index (χ0n) is 12.4. The molecule has 0 atom stereocenters. The maximum absolute atomic E-state index is 5.84. The predicted octanol–water partition coefficient (Wildman–Crippen LogP) is 3.69. The van der Waals surface area contributed by atoms with Crippen LogP contribution < -0.4 is 9.47 Å². The van der Waals surface area contributed by atoms with E-state index in [1.807, 2.05) is 6.07 Å². The zero-order valence-corrected chi connectivity index (χ0v) is 13.2. The Balaban J connectivity index is 2.05. The summed E-state index contributed by atoms with van der Waals surface area (Å²) < 4.78 is 10.7. The molecule has 0 N–H and O–H groups in total. The van der Waals surface area contributed by atoms with Crippen LogP contribution in [0.15, 0.2) is 18.2 Å². The van der Waals surface area contributed by atoms with E-state index in [-0.39, 0.29) is 0 Å². The van der Waals surface area contributed by atoms with Crippen LogP contribution in [0.4, 0.5) is 0 Å². The highest BCUT2D eigenvalue weighted by molar-refractivity contribution is 6.17. The lowest BCUT2D eigenvalue weighted by Gasteiger charge is -2.37.